The minimum atomic E-state index is -0.572. The molecule has 1 aliphatic rings. The molecule has 3 rings (SSSR count). The number of carbonyl (C=O) groups is 1. The van der Waals surface area contributed by atoms with E-state index in [0.29, 0.717) is 25.4 Å². The van der Waals surface area contributed by atoms with Crippen molar-refractivity contribution in [1.29, 1.82) is 0 Å². The van der Waals surface area contributed by atoms with Gasteiger partial charge in [0.1, 0.15) is 5.82 Å². The Balaban J connectivity index is 1.80. The highest BCUT2D eigenvalue weighted by molar-refractivity contribution is 6.06. The Morgan fingerprint density at radius 3 is 3.03 bits per heavy atom. The van der Waals surface area contributed by atoms with Crippen LogP contribution in [0, 0.1) is 18.7 Å². The molecule has 1 aromatic carbocycles. The molecule has 29 heavy (non-hydrogen) atoms. The molecule has 7 nitrogen and oxygen atoms in total. The van der Waals surface area contributed by atoms with Gasteiger partial charge in [-0.2, -0.15) is 0 Å². The van der Waals surface area contributed by atoms with E-state index in [4.69, 9.17) is 15.2 Å². The van der Waals surface area contributed by atoms with Crippen molar-refractivity contribution >= 4 is 23.2 Å². The van der Waals surface area contributed by atoms with E-state index in [9.17, 15) is 9.18 Å². The van der Waals surface area contributed by atoms with E-state index in [0.717, 1.165) is 6.42 Å². The van der Waals surface area contributed by atoms with Gasteiger partial charge in [-0.05, 0) is 43.2 Å². The van der Waals surface area contributed by atoms with Crippen LogP contribution in [0.3, 0.4) is 0 Å². The lowest BCUT2D eigenvalue weighted by atomic mass is 10.1. The van der Waals surface area contributed by atoms with Gasteiger partial charge < -0.3 is 20.5 Å². The van der Waals surface area contributed by atoms with E-state index >= 15 is 0 Å². The number of aromatic nitrogens is 1. The van der Waals surface area contributed by atoms with Gasteiger partial charge in [0.15, 0.2) is 5.69 Å². The van der Waals surface area contributed by atoms with Gasteiger partial charge >= 0.3 is 0 Å². The number of aryl methyl sites for hydroxylation is 1. The number of rotatable bonds is 6. The average Bonchev–Trinajstić information content (AvgIpc) is 3.19. The molecule has 1 aliphatic heterocycles. The number of carbonyl (C=O) groups excluding carboxylic acids is 1. The Morgan fingerprint density at radius 2 is 2.38 bits per heavy atom. The Hall–Kier alpha value is -3.26. The van der Waals surface area contributed by atoms with Gasteiger partial charge in [0.05, 0.1) is 24.5 Å². The summed E-state index contributed by atoms with van der Waals surface area (Å²) in [6.07, 6.45) is 3.66. The molecule has 0 spiro atoms. The Kier molecular flexibility index (Phi) is 6.56. The highest BCUT2D eigenvalue weighted by Crippen LogP contribution is 2.23. The van der Waals surface area contributed by atoms with Gasteiger partial charge in [0.2, 0.25) is 5.90 Å². The van der Waals surface area contributed by atoms with E-state index in [1.807, 2.05) is 0 Å². The molecule has 1 aromatic heterocycles. The van der Waals surface area contributed by atoms with Crippen molar-refractivity contribution in [2.75, 3.05) is 30.9 Å². The van der Waals surface area contributed by atoms with Crippen molar-refractivity contribution < 1.29 is 18.7 Å². The standard InChI is InChI=1S/C21H23FN4O3/c1-3-24-21(29-12-14-6-8-28-11-14)18-13(2)9-15(10-16(18)22)26-20(27)19-17(23)5-4-7-25-19/h3-5,7,9-10,14H,1,6,8,11-12,23H2,2H3,(H,26,27). The van der Waals surface area contributed by atoms with Crippen LogP contribution in [-0.4, -0.2) is 36.6 Å². The van der Waals surface area contributed by atoms with Crippen LogP contribution in [0.5, 0.6) is 0 Å². The summed E-state index contributed by atoms with van der Waals surface area (Å²) in [6.45, 7) is 6.98. The number of aliphatic imine (C=N–C) groups is 1. The van der Waals surface area contributed by atoms with Gasteiger partial charge in [-0.15, -0.1) is 0 Å². The van der Waals surface area contributed by atoms with Crippen molar-refractivity contribution in [2.24, 2.45) is 10.9 Å². The maximum atomic E-state index is 14.9. The second-order valence-corrected chi connectivity index (χ2v) is 6.70. The van der Waals surface area contributed by atoms with E-state index in [-0.39, 0.29) is 34.4 Å². The van der Waals surface area contributed by atoms with Crippen molar-refractivity contribution in [1.82, 2.24) is 4.98 Å². The van der Waals surface area contributed by atoms with Crippen LogP contribution in [0.2, 0.25) is 0 Å². The predicted octanol–water partition coefficient (Wildman–Crippen LogP) is 3.31. The third kappa shape index (κ3) is 4.97. The van der Waals surface area contributed by atoms with Crippen molar-refractivity contribution in [3.63, 3.8) is 0 Å². The average molecular weight is 398 g/mol. The maximum absolute atomic E-state index is 14.9. The third-order valence-corrected chi connectivity index (χ3v) is 4.50. The molecule has 3 N–H and O–H groups in total. The molecule has 0 saturated carbocycles. The molecular weight excluding hydrogens is 375 g/mol. The summed E-state index contributed by atoms with van der Waals surface area (Å²) < 4.78 is 26.0. The summed E-state index contributed by atoms with van der Waals surface area (Å²) in [5, 5.41) is 2.62. The Bertz CT molecular complexity index is 916. The van der Waals surface area contributed by atoms with Gasteiger partial charge in [0, 0.05) is 30.6 Å². The van der Waals surface area contributed by atoms with Gasteiger partial charge in [-0.25, -0.2) is 14.4 Å². The Morgan fingerprint density at radius 1 is 1.55 bits per heavy atom. The smallest absolute Gasteiger partial charge is 0.276 e. The molecule has 1 saturated heterocycles. The zero-order valence-electron chi connectivity index (χ0n) is 16.2. The fourth-order valence-electron chi connectivity index (χ4n) is 3.05. The summed E-state index contributed by atoms with van der Waals surface area (Å²) in [4.78, 5) is 20.4. The SMILES string of the molecule is C=CN=C(OCC1CCOC1)c1c(C)cc(NC(=O)c2ncccc2N)cc1F. The highest BCUT2D eigenvalue weighted by atomic mass is 19.1. The zero-order chi connectivity index (χ0) is 20.8. The van der Waals surface area contributed by atoms with E-state index in [1.165, 1.54) is 18.5 Å². The van der Waals surface area contributed by atoms with Crippen LogP contribution in [0.1, 0.15) is 28.0 Å². The monoisotopic (exact) mass is 398 g/mol. The number of hydrogen-bond acceptors (Lipinski definition) is 6. The predicted molar refractivity (Wildman–Crippen MR) is 109 cm³/mol. The molecule has 0 bridgehead atoms. The second kappa shape index (κ2) is 9.29. The van der Waals surface area contributed by atoms with Crippen molar-refractivity contribution in [3.05, 3.63) is 65.9 Å². The first-order chi connectivity index (χ1) is 14.0. The number of hydrogen-bond donors (Lipinski definition) is 2. The fraction of sp³-hybridized carbons (Fsp3) is 0.286. The first kappa shape index (κ1) is 20.5. The van der Waals surface area contributed by atoms with Crippen LogP contribution < -0.4 is 11.1 Å². The number of nitrogens with two attached hydrogens (primary N) is 1. The highest BCUT2D eigenvalue weighted by Gasteiger charge is 2.21. The molecule has 8 heteroatoms. The molecule has 152 valence electrons. The Labute approximate surface area is 168 Å². The minimum absolute atomic E-state index is 0.0747. The lowest BCUT2D eigenvalue weighted by Gasteiger charge is -2.16. The minimum Gasteiger partial charge on any atom is -0.477 e. The van der Waals surface area contributed by atoms with Gasteiger partial charge in [-0.3, -0.25) is 4.79 Å². The second-order valence-electron chi connectivity index (χ2n) is 6.70. The summed E-state index contributed by atoms with van der Waals surface area (Å²) in [7, 11) is 0. The number of nitrogen functional groups attached to an aromatic ring is 1. The van der Waals surface area contributed by atoms with Crippen LogP contribution in [0.15, 0.2) is 48.2 Å². The topological polar surface area (TPSA) is 98.8 Å². The number of nitrogens with zero attached hydrogens (tertiary/aromatic N) is 2. The summed E-state index contributed by atoms with van der Waals surface area (Å²) in [5.74, 6) is -0.700. The van der Waals surface area contributed by atoms with E-state index in [1.54, 1.807) is 25.1 Å². The van der Waals surface area contributed by atoms with Gasteiger partial charge in [0.25, 0.3) is 5.91 Å². The summed E-state index contributed by atoms with van der Waals surface area (Å²) >= 11 is 0. The molecule has 1 amide bonds. The summed E-state index contributed by atoms with van der Waals surface area (Å²) in [6, 6.07) is 6.04. The van der Waals surface area contributed by atoms with Crippen LogP contribution >= 0.6 is 0 Å². The molecule has 1 atom stereocenters. The first-order valence-corrected chi connectivity index (χ1v) is 9.21. The number of nitrogens with one attached hydrogen (secondary N) is 1. The largest absolute Gasteiger partial charge is 0.477 e. The fourth-order valence-corrected chi connectivity index (χ4v) is 3.05. The zero-order valence-corrected chi connectivity index (χ0v) is 16.2. The number of pyridine rings is 1. The summed E-state index contributed by atoms with van der Waals surface area (Å²) in [5.41, 5.74) is 7.14. The molecular formula is C21H23FN4O3. The lowest BCUT2D eigenvalue weighted by molar-refractivity contribution is 0.102. The van der Waals surface area contributed by atoms with Crippen LogP contribution in [0.4, 0.5) is 15.8 Å². The van der Waals surface area contributed by atoms with Crippen LogP contribution in [-0.2, 0) is 9.47 Å². The number of benzene rings is 1. The number of ether oxygens (including phenoxy) is 2. The molecule has 1 unspecified atom stereocenters. The number of halogens is 1. The first-order valence-electron chi connectivity index (χ1n) is 9.21. The molecule has 0 radical (unpaired) electrons. The molecule has 2 aromatic rings. The maximum Gasteiger partial charge on any atom is 0.276 e. The third-order valence-electron chi connectivity index (χ3n) is 4.50. The number of amides is 1. The molecule has 2 heterocycles. The van der Waals surface area contributed by atoms with Crippen molar-refractivity contribution in [2.45, 2.75) is 13.3 Å². The lowest BCUT2D eigenvalue weighted by Crippen LogP contribution is -2.19. The van der Waals surface area contributed by atoms with Gasteiger partial charge in [-0.1, -0.05) is 6.58 Å². The number of anilines is 2. The van der Waals surface area contributed by atoms with E-state index < -0.39 is 11.7 Å². The van der Waals surface area contributed by atoms with Crippen molar-refractivity contribution in [3.8, 4) is 0 Å². The molecule has 0 aliphatic carbocycles. The van der Waals surface area contributed by atoms with Crippen LogP contribution in [0.25, 0.3) is 0 Å². The normalized spacial score (nSPS) is 16.5. The van der Waals surface area contributed by atoms with E-state index in [2.05, 4.69) is 21.9 Å². The quantitative estimate of drug-likeness (QED) is 0.575. The molecule has 1 fully saturated rings.